The Morgan fingerprint density at radius 3 is 2.38 bits per heavy atom. The molecule has 1 aliphatic carbocycles. The number of carbonyl (C=O) groups is 1. The molecule has 0 N–H and O–H groups in total. The molecule has 0 spiro atoms. The largest absolute Gasteiger partial charge is 0.339 e. The minimum absolute atomic E-state index is 0.0972. The van der Waals surface area contributed by atoms with Crippen molar-refractivity contribution in [2.75, 3.05) is 13.3 Å². The Kier molecular flexibility index (Phi) is 4.71. The number of rotatable bonds is 3. The van der Waals surface area contributed by atoms with Gasteiger partial charge in [-0.05, 0) is 49.8 Å². The van der Waals surface area contributed by atoms with Crippen molar-refractivity contribution in [3.8, 4) is 0 Å². The monoisotopic (exact) mass is 309 g/mol. The molecule has 5 heteroatoms. The van der Waals surface area contributed by atoms with Gasteiger partial charge in [0, 0.05) is 24.9 Å². The smallest absolute Gasteiger partial charge is 0.253 e. The molecule has 0 bridgehead atoms. The van der Waals surface area contributed by atoms with E-state index in [4.69, 9.17) is 0 Å². The van der Waals surface area contributed by atoms with Crippen LogP contribution in [0.1, 0.15) is 43.0 Å². The molecule has 1 amide bonds. The van der Waals surface area contributed by atoms with Crippen molar-refractivity contribution in [3.63, 3.8) is 0 Å². The standard InChI is InChI=1S/C16H23NO3S/c1-12-7-9-14(10-8-12)17(2)16(18)13-5-4-6-15(11-13)21(3,19)20/h4-6,11-12,14H,7-10H2,1-3H3. The Morgan fingerprint density at radius 2 is 1.81 bits per heavy atom. The topological polar surface area (TPSA) is 54.5 Å². The molecular weight excluding hydrogens is 286 g/mol. The Morgan fingerprint density at radius 1 is 1.19 bits per heavy atom. The summed E-state index contributed by atoms with van der Waals surface area (Å²) in [5.41, 5.74) is 0.444. The highest BCUT2D eigenvalue weighted by Crippen LogP contribution is 2.27. The molecule has 1 saturated carbocycles. The lowest BCUT2D eigenvalue weighted by atomic mass is 9.86. The predicted molar refractivity (Wildman–Crippen MR) is 83.1 cm³/mol. The van der Waals surface area contributed by atoms with Crippen LogP contribution in [0.4, 0.5) is 0 Å². The molecule has 0 radical (unpaired) electrons. The number of sulfone groups is 1. The molecule has 1 aromatic carbocycles. The first kappa shape index (κ1) is 16.0. The van der Waals surface area contributed by atoms with Crippen LogP contribution in [0, 0.1) is 5.92 Å². The second-order valence-corrected chi connectivity index (χ2v) is 8.15. The van der Waals surface area contributed by atoms with E-state index in [1.165, 1.54) is 12.1 Å². The number of hydrogen-bond donors (Lipinski definition) is 0. The first-order chi connectivity index (χ1) is 9.79. The third kappa shape index (κ3) is 3.84. The van der Waals surface area contributed by atoms with E-state index in [0.29, 0.717) is 5.56 Å². The van der Waals surface area contributed by atoms with Crippen LogP contribution in [0.5, 0.6) is 0 Å². The predicted octanol–water partition coefficient (Wildman–Crippen LogP) is 2.74. The molecule has 1 aliphatic rings. The molecule has 0 atom stereocenters. The van der Waals surface area contributed by atoms with Gasteiger partial charge < -0.3 is 4.90 Å². The third-order valence-corrected chi connectivity index (χ3v) is 5.47. The van der Waals surface area contributed by atoms with Crippen molar-refractivity contribution in [1.82, 2.24) is 4.90 Å². The normalized spacial score (nSPS) is 22.8. The lowest BCUT2D eigenvalue weighted by Gasteiger charge is -2.33. The fraction of sp³-hybridized carbons (Fsp3) is 0.562. The molecule has 4 nitrogen and oxygen atoms in total. The molecule has 0 heterocycles. The fourth-order valence-corrected chi connectivity index (χ4v) is 3.53. The number of amides is 1. The fourth-order valence-electron chi connectivity index (χ4n) is 2.86. The quantitative estimate of drug-likeness (QED) is 0.862. The molecular formula is C16H23NO3S. The zero-order valence-corrected chi connectivity index (χ0v) is 13.7. The molecule has 0 aromatic heterocycles. The van der Waals surface area contributed by atoms with Gasteiger partial charge in [-0.2, -0.15) is 0 Å². The Balaban J connectivity index is 2.16. The van der Waals surface area contributed by atoms with E-state index in [2.05, 4.69) is 6.92 Å². The third-order valence-electron chi connectivity index (χ3n) is 4.36. The van der Waals surface area contributed by atoms with Gasteiger partial charge in [0.2, 0.25) is 0 Å². The van der Waals surface area contributed by atoms with Crippen LogP contribution < -0.4 is 0 Å². The summed E-state index contributed by atoms with van der Waals surface area (Å²) in [5.74, 6) is 0.637. The van der Waals surface area contributed by atoms with Gasteiger partial charge in [0.1, 0.15) is 0 Å². The van der Waals surface area contributed by atoms with Crippen LogP contribution in [0.2, 0.25) is 0 Å². The van der Waals surface area contributed by atoms with Crippen molar-refractivity contribution in [1.29, 1.82) is 0 Å². The average Bonchev–Trinajstić information content (AvgIpc) is 2.46. The number of carbonyl (C=O) groups excluding carboxylic acids is 1. The number of nitrogens with zero attached hydrogens (tertiary/aromatic N) is 1. The number of benzene rings is 1. The van der Waals surface area contributed by atoms with E-state index in [9.17, 15) is 13.2 Å². The van der Waals surface area contributed by atoms with E-state index >= 15 is 0 Å². The van der Waals surface area contributed by atoms with Crippen molar-refractivity contribution in [2.24, 2.45) is 5.92 Å². The molecule has 1 fully saturated rings. The highest BCUT2D eigenvalue weighted by molar-refractivity contribution is 7.90. The van der Waals surface area contributed by atoms with Gasteiger partial charge in [-0.15, -0.1) is 0 Å². The SMILES string of the molecule is CC1CCC(N(C)C(=O)c2cccc(S(C)(=O)=O)c2)CC1. The Bertz CT molecular complexity index is 616. The van der Waals surface area contributed by atoms with E-state index in [0.717, 1.165) is 37.9 Å². The van der Waals surface area contributed by atoms with Crippen LogP contribution >= 0.6 is 0 Å². The maximum Gasteiger partial charge on any atom is 0.253 e. The minimum Gasteiger partial charge on any atom is -0.339 e. The molecule has 21 heavy (non-hydrogen) atoms. The molecule has 116 valence electrons. The summed E-state index contributed by atoms with van der Waals surface area (Å²) >= 11 is 0. The van der Waals surface area contributed by atoms with Crippen molar-refractivity contribution in [3.05, 3.63) is 29.8 Å². The first-order valence-electron chi connectivity index (χ1n) is 7.36. The van der Waals surface area contributed by atoms with Crippen LogP contribution in [0.3, 0.4) is 0 Å². The van der Waals surface area contributed by atoms with Crippen LogP contribution in [0.25, 0.3) is 0 Å². The summed E-state index contributed by atoms with van der Waals surface area (Å²) in [6.45, 7) is 2.24. The van der Waals surface area contributed by atoms with Crippen LogP contribution in [-0.2, 0) is 9.84 Å². The summed E-state index contributed by atoms with van der Waals surface area (Å²) in [4.78, 5) is 14.5. The maximum atomic E-state index is 12.5. The summed E-state index contributed by atoms with van der Waals surface area (Å²) in [7, 11) is -1.47. The van der Waals surface area contributed by atoms with Gasteiger partial charge in [-0.25, -0.2) is 8.42 Å². The highest BCUT2D eigenvalue weighted by atomic mass is 32.2. The van der Waals surface area contributed by atoms with Crippen LogP contribution in [-0.4, -0.2) is 38.6 Å². The molecule has 1 aromatic rings. The van der Waals surface area contributed by atoms with E-state index < -0.39 is 9.84 Å². The van der Waals surface area contributed by atoms with Gasteiger partial charge in [0.15, 0.2) is 9.84 Å². The summed E-state index contributed by atoms with van der Waals surface area (Å²) in [5, 5.41) is 0. The van der Waals surface area contributed by atoms with Crippen molar-refractivity contribution in [2.45, 2.75) is 43.5 Å². The van der Waals surface area contributed by atoms with E-state index in [1.54, 1.807) is 17.0 Å². The van der Waals surface area contributed by atoms with Crippen molar-refractivity contribution >= 4 is 15.7 Å². The first-order valence-corrected chi connectivity index (χ1v) is 9.25. The summed E-state index contributed by atoms with van der Waals surface area (Å²) < 4.78 is 23.2. The van der Waals surface area contributed by atoms with E-state index in [-0.39, 0.29) is 16.8 Å². The summed E-state index contributed by atoms with van der Waals surface area (Å²) in [6.07, 6.45) is 5.49. The molecule has 0 unspecified atom stereocenters. The van der Waals surface area contributed by atoms with Gasteiger partial charge in [0.25, 0.3) is 5.91 Å². The van der Waals surface area contributed by atoms with Crippen molar-refractivity contribution < 1.29 is 13.2 Å². The van der Waals surface area contributed by atoms with Gasteiger partial charge in [0.05, 0.1) is 4.90 Å². The average molecular weight is 309 g/mol. The number of hydrogen-bond acceptors (Lipinski definition) is 3. The zero-order valence-electron chi connectivity index (χ0n) is 12.9. The Labute approximate surface area is 127 Å². The Hall–Kier alpha value is -1.36. The second kappa shape index (κ2) is 6.18. The van der Waals surface area contributed by atoms with E-state index in [1.807, 2.05) is 7.05 Å². The lowest BCUT2D eigenvalue weighted by Crippen LogP contribution is -2.39. The minimum atomic E-state index is -3.29. The lowest BCUT2D eigenvalue weighted by molar-refractivity contribution is 0.0679. The van der Waals surface area contributed by atoms with Gasteiger partial charge in [-0.3, -0.25) is 4.79 Å². The molecule has 2 rings (SSSR count). The molecule has 0 aliphatic heterocycles. The zero-order chi connectivity index (χ0) is 15.6. The second-order valence-electron chi connectivity index (χ2n) is 6.13. The maximum absolute atomic E-state index is 12.5. The van der Waals surface area contributed by atoms with Crippen LogP contribution in [0.15, 0.2) is 29.2 Å². The molecule has 0 saturated heterocycles. The highest BCUT2D eigenvalue weighted by Gasteiger charge is 2.25. The van der Waals surface area contributed by atoms with Gasteiger partial charge >= 0.3 is 0 Å². The van der Waals surface area contributed by atoms with Gasteiger partial charge in [-0.1, -0.05) is 13.0 Å². The summed E-state index contributed by atoms with van der Waals surface area (Å²) in [6, 6.07) is 6.56.